The van der Waals surface area contributed by atoms with Gasteiger partial charge in [-0.15, -0.1) is 0 Å². The van der Waals surface area contributed by atoms with Crippen LogP contribution in [0.2, 0.25) is 0 Å². The van der Waals surface area contributed by atoms with E-state index < -0.39 is 46.0 Å². The zero-order valence-electron chi connectivity index (χ0n) is 16.4. The molecule has 0 unspecified atom stereocenters. The van der Waals surface area contributed by atoms with Crippen LogP contribution in [0, 0.1) is 11.6 Å². The maximum absolute atomic E-state index is 13.2. The quantitative estimate of drug-likeness (QED) is 0.329. The minimum absolute atomic E-state index is 0.127. The molecular weight excluding hydrogens is 426 g/mol. The van der Waals surface area contributed by atoms with E-state index >= 15 is 0 Å². The van der Waals surface area contributed by atoms with Gasteiger partial charge in [0.1, 0.15) is 17.2 Å². The Morgan fingerprint density at radius 3 is 1.84 bits per heavy atom. The van der Waals surface area contributed by atoms with Crippen molar-refractivity contribution in [3.8, 4) is 0 Å². The smallest absolute Gasteiger partial charge is 0.371 e. The fourth-order valence-electron chi connectivity index (χ4n) is 2.90. The van der Waals surface area contributed by atoms with E-state index in [4.69, 9.17) is 5.11 Å². The average Bonchev–Trinajstić information content (AvgIpc) is 2.75. The molecule has 2 N–H and O–H groups in total. The Balaban J connectivity index is 2.14. The summed E-state index contributed by atoms with van der Waals surface area (Å²) in [4.78, 5) is 49.1. The number of benzene rings is 2. The summed E-state index contributed by atoms with van der Waals surface area (Å²) in [5.41, 5.74) is -1.50. The first-order valence-electron chi connectivity index (χ1n) is 9.17. The molecule has 0 saturated heterocycles. The maximum Gasteiger partial charge on any atom is 0.371 e. The number of carboxylic acids is 1. The number of nitrogens with zero attached hydrogens (tertiary/aromatic N) is 2. The Morgan fingerprint density at radius 2 is 1.34 bits per heavy atom. The second-order valence-electron chi connectivity index (χ2n) is 6.80. The highest BCUT2D eigenvalue weighted by Crippen LogP contribution is 2.07. The van der Waals surface area contributed by atoms with Gasteiger partial charge in [0.2, 0.25) is 5.76 Å². The summed E-state index contributed by atoms with van der Waals surface area (Å²) in [5, 5.41) is 18.1. The summed E-state index contributed by atoms with van der Waals surface area (Å²) in [6.45, 7) is -0.422. The summed E-state index contributed by atoms with van der Waals surface area (Å²) < 4.78 is 28.1. The monoisotopic (exact) mass is 442 g/mol. The van der Waals surface area contributed by atoms with Crippen LogP contribution in [-0.4, -0.2) is 31.1 Å². The number of hydrogen-bond acceptors (Lipinski definition) is 5. The molecule has 0 saturated carbocycles. The predicted octanol–water partition coefficient (Wildman–Crippen LogP) is 2.09. The predicted molar refractivity (Wildman–Crippen MR) is 109 cm³/mol. The zero-order valence-corrected chi connectivity index (χ0v) is 16.4. The van der Waals surface area contributed by atoms with Crippen molar-refractivity contribution in [2.45, 2.75) is 13.1 Å². The second kappa shape index (κ2) is 9.21. The summed E-state index contributed by atoms with van der Waals surface area (Å²) in [6.07, 6.45) is 1.30. The van der Waals surface area contributed by atoms with Crippen molar-refractivity contribution in [1.82, 2.24) is 9.13 Å². The van der Waals surface area contributed by atoms with Crippen LogP contribution in [0.3, 0.4) is 0 Å². The highest BCUT2D eigenvalue weighted by molar-refractivity contribution is 6.07. The molecule has 0 amide bonds. The maximum atomic E-state index is 13.2. The third-order valence-corrected chi connectivity index (χ3v) is 4.51. The van der Waals surface area contributed by atoms with E-state index in [1.54, 1.807) is 0 Å². The van der Waals surface area contributed by atoms with Crippen molar-refractivity contribution in [2.24, 2.45) is 0 Å². The van der Waals surface area contributed by atoms with Crippen molar-refractivity contribution in [2.75, 3.05) is 0 Å². The molecule has 0 bridgehead atoms. The number of aliphatic hydroxyl groups excluding tert-OH is 1. The number of aliphatic carboxylic acids is 1. The molecule has 8 nitrogen and oxygen atoms in total. The van der Waals surface area contributed by atoms with Crippen LogP contribution in [0.25, 0.3) is 0 Å². The largest absolute Gasteiger partial charge is 0.502 e. The number of carboxylic acid groups (broad SMARTS) is 1. The molecule has 164 valence electrons. The Bertz CT molecular complexity index is 1320. The van der Waals surface area contributed by atoms with Gasteiger partial charge in [-0.05, 0) is 35.4 Å². The summed E-state index contributed by atoms with van der Waals surface area (Å²) >= 11 is 0. The Kier molecular flexibility index (Phi) is 6.43. The molecule has 0 atom stereocenters. The third kappa shape index (κ3) is 5.04. The van der Waals surface area contributed by atoms with Gasteiger partial charge in [0.15, 0.2) is 5.78 Å². The minimum atomic E-state index is -1.77. The van der Waals surface area contributed by atoms with Gasteiger partial charge in [0.25, 0.3) is 5.56 Å². The van der Waals surface area contributed by atoms with E-state index in [9.17, 15) is 33.1 Å². The van der Waals surface area contributed by atoms with Crippen LogP contribution < -0.4 is 11.2 Å². The molecule has 0 spiro atoms. The lowest BCUT2D eigenvalue weighted by atomic mass is 10.1. The SMILES string of the molecule is O=C(O)/C(O)=C/C(=O)c1cn(Cc2ccc(F)cc2)c(=O)n(Cc2ccc(F)cc2)c1=O. The molecule has 2 aromatic carbocycles. The van der Waals surface area contributed by atoms with Crippen LogP contribution in [0.5, 0.6) is 0 Å². The second-order valence-corrected chi connectivity index (χ2v) is 6.80. The molecule has 32 heavy (non-hydrogen) atoms. The number of aliphatic hydroxyl groups is 1. The van der Waals surface area contributed by atoms with E-state index in [0.29, 0.717) is 17.2 Å². The highest BCUT2D eigenvalue weighted by atomic mass is 19.1. The van der Waals surface area contributed by atoms with Gasteiger partial charge < -0.3 is 10.2 Å². The van der Waals surface area contributed by atoms with E-state index in [-0.39, 0.29) is 13.1 Å². The zero-order chi connectivity index (χ0) is 23.4. The number of hydrogen-bond donors (Lipinski definition) is 2. The number of aromatic nitrogens is 2. The van der Waals surface area contributed by atoms with E-state index in [2.05, 4.69) is 0 Å². The van der Waals surface area contributed by atoms with Crippen molar-refractivity contribution in [3.63, 3.8) is 0 Å². The van der Waals surface area contributed by atoms with Crippen molar-refractivity contribution < 1.29 is 28.6 Å². The number of ketones is 1. The fourth-order valence-corrected chi connectivity index (χ4v) is 2.90. The topological polar surface area (TPSA) is 119 Å². The number of allylic oxidation sites excluding steroid dienone is 1. The fraction of sp³-hybridized carbons (Fsp3) is 0.0909. The molecule has 0 radical (unpaired) electrons. The Hall–Kier alpha value is -4.34. The lowest BCUT2D eigenvalue weighted by Crippen LogP contribution is -2.42. The molecule has 3 rings (SSSR count). The number of carbonyl (C=O) groups is 2. The molecule has 3 aromatic rings. The van der Waals surface area contributed by atoms with Gasteiger partial charge in [0.05, 0.1) is 13.1 Å². The van der Waals surface area contributed by atoms with Gasteiger partial charge >= 0.3 is 11.7 Å². The first-order valence-corrected chi connectivity index (χ1v) is 9.17. The first kappa shape index (κ1) is 22.3. The summed E-state index contributed by atoms with van der Waals surface area (Å²) in [5.74, 6) is -5.20. The number of rotatable bonds is 7. The van der Waals surface area contributed by atoms with Crippen LogP contribution >= 0.6 is 0 Å². The average molecular weight is 442 g/mol. The Morgan fingerprint density at radius 1 is 0.844 bits per heavy atom. The number of halogens is 2. The lowest BCUT2D eigenvalue weighted by molar-refractivity contribution is -0.135. The van der Waals surface area contributed by atoms with Gasteiger partial charge in [-0.3, -0.25) is 18.7 Å². The Labute approximate surface area is 178 Å². The van der Waals surface area contributed by atoms with Crippen molar-refractivity contribution >= 4 is 11.8 Å². The molecular formula is C22H16F2N2O6. The van der Waals surface area contributed by atoms with Crippen LogP contribution in [-0.2, 0) is 17.9 Å². The first-order chi connectivity index (χ1) is 15.2. The molecule has 1 aromatic heterocycles. The molecule has 0 fully saturated rings. The standard InChI is InChI=1S/C22H16F2N2O6/c23-15-5-1-13(2-6-15)10-25-12-17(18(27)9-19(28)21(30)31)20(29)26(22(25)32)11-14-3-7-16(24)8-4-14/h1-9,12,28H,10-11H2,(H,30,31)/b19-9-. The highest BCUT2D eigenvalue weighted by Gasteiger charge is 2.19. The van der Waals surface area contributed by atoms with Crippen molar-refractivity contribution in [3.05, 3.63) is 116 Å². The van der Waals surface area contributed by atoms with E-state index in [0.717, 1.165) is 27.5 Å². The molecule has 10 heteroatoms. The van der Waals surface area contributed by atoms with E-state index in [1.807, 2.05) is 0 Å². The number of carbonyl (C=O) groups excluding carboxylic acids is 1. The lowest BCUT2D eigenvalue weighted by Gasteiger charge is -2.13. The van der Waals surface area contributed by atoms with Gasteiger partial charge in [-0.25, -0.2) is 18.4 Å². The molecule has 0 aliphatic rings. The molecule has 0 aliphatic heterocycles. The van der Waals surface area contributed by atoms with E-state index in [1.165, 1.54) is 36.4 Å². The normalized spacial score (nSPS) is 11.4. The third-order valence-electron chi connectivity index (χ3n) is 4.51. The molecule has 0 aliphatic carbocycles. The minimum Gasteiger partial charge on any atom is -0.502 e. The summed E-state index contributed by atoms with van der Waals surface area (Å²) in [6, 6.07) is 10.2. The van der Waals surface area contributed by atoms with Gasteiger partial charge in [-0.2, -0.15) is 0 Å². The summed E-state index contributed by atoms with van der Waals surface area (Å²) in [7, 11) is 0. The van der Waals surface area contributed by atoms with Crippen molar-refractivity contribution in [1.29, 1.82) is 0 Å². The van der Waals surface area contributed by atoms with Crippen LogP contribution in [0.1, 0.15) is 21.5 Å². The molecule has 1 heterocycles. The van der Waals surface area contributed by atoms with Gasteiger partial charge in [0, 0.05) is 12.3 Å². The van der Waals surface area contributed by atoms with Gasteiger partial charge in [-0.1, -0.05) is 24.3 Å². The van der Waals surface area contributed by atoms with Crippen LogP contribution in [0.4, 0.5) is 8.78 Å². The van der Waals surface area contributed by atoms with Crippen LogP contribution in [0.15, 0.2) is 76.2 Å².